The minimum atomic E-state index is -3.93. The van der Waals surface area contributed by atoms with Crippen LogP contribution in [0, 0.1) is 24.1 Å². The van der Waals surface area contributed by atoms with Gasteiger partial charge in [0.25, 0.3) is 15.9 Å². The van der Waals surface area contributed by atoms with Crippen molar-refractivity contribution in [1.82, 2.24) is 5.32 Å². The van der Waals surface area contributed by atoms with Gasteiger partial charge in [-0.15, -0.1) is 0 Å². The van der Waals surface area contributed by atoms with Crippen LogP contribution in [-0.4, -0.2) is 34.5 Å². The highest BCUT2D eigenvalue weighted by Gasteiger charge is 2.18. The Morgan fingerprint density at radius 2 is 1.82 bits per heavy atom. The maximum Gasteiger partial charge on any atom is 0.261 e. The van der Waals surface area contributed by atoms with Crippen LogP contribution in [0.25, 0.3) is 0 Å². The van der Waals surface area contributed by atoms with Gasteiger partial charge in [-0.2, -0.15) is 5.26 Å². The standard InChI is InChI=1S/C24H23FN4O4S/c1-16-6-11-19(34(31,32)29-17-7-9-18(33-2)10-8-17)14-20(16)24(30)28-13-12-27-23-5-3-4-22(25)21(23)15-26/h3-11,14,27,29H,12-13H2,1-2H3,(H,28,30). The molecular formula is C24H23FN4O4S. The third-order valence-corrected chi connectivity index (χ3v) is 6.34. The van der Waals surface area contributed by atoms with Crippen molar-refractivity contribution in [1.29, 1.82) is 5.26 Å². The number of methoxy groups -OCH3 is 1. The van der Waals surface area contributed by atoms with Gasteiger partial charge in [0.15, 0.2) is 0 Å². The molecule has 0 saturated heterocycles. The second-order valence-electron chi connectivity index (χ2n) is 7.27. The van der Waals surface area contributed by atoms with Gasteiger partial charge in [0, 0.05) is 24.3 Å². The zero-order valence-electron chi connectivity index (χ0n) is 18.6. The predicted octanol–water partition coefficient (Wildman–Crippen LogP) is 3.66. The summed E-state index contributed by atoms with van der Waals surface area (Å²) in [6.45, 7) is 2.10. The summed E-state index contributed by atoms with van der Waals surface area (Å²) in [6, 6.07) is 16.7. The SMILES string of the molecule is COc1ccc(NS(=O)(=O)c2ccc(C)c(C(=O)NCCNc3cccc(F)c3C#N)c2)cc1. The molecule has 3 rings (SSSR count). The number of benzene rings is 3. The highest BCUT2D eigenvalue weighted by Crippen LogP contribution is 2.21. The number of rotatable bonds is 9. The first-order chi connectivity index (χ1) is 16.2. The van der Waals surface area contributed by atoms with Crippen molar-refractivity contribution in [2.75, 3.05) is 30.2 Å². The lowest BCUT2D eigenvalue weighted by Crippen LogP contribution is -2.29. The first-order valence-electron chi connectivity index (χ1n) is 10.2. The van der Waals surface area contributed by atoms with Crippen molar-refractivity contribution in [3.8, 4) is 11.8 Å². The zero-order valence-corrected chi connectivity index (χ0v) is 19.4. The number of carbonyl (C=O) groups is 1. The van der Waals surface area contributed by atoms with Gasteiger partial charge in [0.05, 0.1) is 17.7 Å². The summed E-state index contributed by atoms with van der Waals surface area (Å²) in [5.41, 5.74) is 1.39. The van der Waals surface area contributed by atoms with Gasteiger partial charge in [-0.05, 0) is 61.0 Å². The van der Waals surface area contributed by atoms with Crippen LogP contribution >= 0.6 is 0 Å². The molecule has 0 aliphatic carbocycles. The number of nitrogens with zero attached hydrogens (tertiary/aromatic N) is 1. The Labute approximate surface area is 197 Å². The van der Waals surface area contributed by atoms with Crippen LogP contribution in [0.1, 0.15) is 21.5 Å². The molecule has 0 fully saturated rings. The fraction of sp³-hybridized carbons (Fsp3) is 0.167. The number of nitrogens with one attached hydrogen (secondary N) is 3. The number of hydrogen-bond acceptors (Lipinski definition) is 6. The third-order valence-electron chi connectivity index (χ3n) is 4.96. The van der Waals surface area contributed by atoms with E-state index >= 15 is 0 Å². The summed E-state index contributed by atoms with van der Waals surface area (Å²) >= 11 is 0. The van der Waals surface area contributed by atoms with E-state index in [9.17, 15) is 17.6 Å². The summed E-state index contributed by atoms with van der Waals surface area (Å²) in [4.78, 5) is 12.6. The van der Waals surface area contributed by atoms with Crippen molar-refractivity contribution < 1.29 is 22.3 Å². The van der Waals surface area contributed by atoms with E-state index in [0.29, 0.717) is 22.7 Å². The molecule has 3 N–H and O–H groups in total. The van der Waals surface area contributed by atoms with Crippen LogP contribution in [0.2, 0.25) is 0 Å². The molecule has 34 heavy (non-hydrogen) atoms. The Bertz CT molecular complexity index is 1340. The number of nitriles is 1. The number of amides is 1. The molecule has 0 saturated carbocycles. The number of ether oxygens (including phenoxy) is 1. The average Bonchev–Trinajstić information content (AvgIpc) is 2.82. The lowest BCUT2D eigenvalue weighted by atomic mass is 10.1. The molecule has 0 heterocycles. The lowest BCUT2D eigenvalue weighted by Gasteiger charge is -2.13. The van der Waals surface area contributed by atoms with E-state index in [-0.39, 0.29) is 29.1 Å². The van der Waals surface area contributed by atoms with Gasteiger partial charge < -0.3 is 15.4 Å². The van der Waals surface area contributed by atoms with Gasteiger partial charge in [-0.1, -0.05) is 12.1 Å². The summed E-state index contributed by atoms with van der Waals surface area (Å²) in [5.74, 6) is -0.498. The Hall–Kier alpha value is -4.10. The summed E-state index contributed by atoms with van der Waals surface area (Å²) in [7, 11) is -2.41. The van der Waals surface area contributed by atoms with E-state index in [0.717, 1.165) is 0 Å². The van der Waals surface area contributed by atoms with Crippen molar-refractivity contribution in [2.45, 2.75) is 11.8 Å². The lowest BCUT2D eigenvalue weighted by molar-refractivity contribution is 0.0954. The first-order valence-corrected chi connectivity index (χ1v) is 11.7. The number of carbonyl (C=O) groups excluding carboxylic acids is 1. The zero-order chi connectivity index (χ0) is 24.7. The molecule has 1 amide bonds. The molecule has 10 heteroatoms. The maximum absolute atomic E-state index is 13.7. The van der Waals surface area contributed by atoms with Crippen molar-refractivity contribution >= 4 is 27.3 Å². The van der Waals surface area contributed by atoms with Crippen molar-refractivity contribution in [3.05, 3.63) is 83.2 Å². The Morgan fingerprint density at radius 1 is 1.09 bits per heavy atom. The molecule has 0 aliphatic rings. The first kappa shape index (κ1) is 24.5. The van der Waals surface area contributed by atoms with E-state index in [4.69, 9.17) is 10.00 Å². The van der Waals surface area contributed by atoms with Gasteiger partial charge in [0.2, 0.25) is 0 Å². The molecule has 3 aromatic carbocycles. The number of sulfonamides is 1. The Kier molecular flexibility index (Phi) is 7.71. The molecule has 0 radical (unpaired) electrons. The second kappa shape index (κ2) is 10.7. The number of aryl methyl sites for hydroxylation is 1. The van der Waals surface area contributed by atoms with Gasteiger partial charge in [0.1, 0.15) is 23.2 Å². The van der Waals surface area contributed by atoms with Crippen LogP contribution in [0.4, 0.5) is 15.8 Å². The molecule has 0 spiro atoms. The molecular weight excluding hydrogens is 459 g/mol. The smallest absolute Gasteiger partial charge is 0.261 e. The molecule has 8 nitrogen and oxygen atoms in total. The Morgan fingerprint density at radius 3 is 2.50 bits per heavy atom. The van der Waals surface area contributed by atoms with E-state index in [1.54, 1.807) is 49.4 Å². The van der Waals surface area contributed by atoms with Crippen LogP contribution in [0.5, 0.6) is 5.75 Å². The van der Waals surface area contributed by atoms with Gasteiger partial charge >= 0.3 is 0 Å². The fourth-order valence-corrected chi connectivity index (χ4v) is 4.22. The van der Waals surface area contributed by atoms with Crippen molar-refractivity contribution in [2.24, 2.45) is 0 Å². The normalized spacial score (nSPS) is 10.8. The molecule has 0 aliphatic heterocycles. The minimum Gasteiger partial charge on any atom is -0.497 e. The topological polar surface area (TPSA) is 120 Å². The van der Waals surface area contributed by atoms with E-state index in [1.807, 2.05) is 0 Å². The van der Waals surface area contributed by atoms with E-state index in [1.165, 1.54) is 31.4 Å². The molecule has 0 bridgehead atoms. The van der Waals surface area contributed by atoms with Crippen LogP contribution in [0.3, 0.4) is 0 Å². The van der Waals surface area contributed by atoms with Gasteiger partial charge in [-0.25, -0.2) is 12.8 Å². The third kappa shape index (κ3) is 5.82. The monoisotopic (exact) mass is 482 g/mol. The highest BCUT2D eigenvalue weighted by atomic mass is 32.2. The highest BCUT2D eigenvalue weighted by molar-refractivity contribution is 7.92. The summed E-state index contributed by atoms with van der Waals surface area (Å²) in [5, 5.41) is 14.7. The Balaban J connectivity index is 1.66. The van der Waals surface area contributed by atoms with Crippen molar-refractivity contribution in [3.63, 3.8) is 0 Å². The molecule has 3 aromatic rings. The quantitative estimate of drug-likeness (QED) is 0.401. The van der Waals surface area contributed by atoms with Crippen LogP contribution < -0.4 is 20.1 Å². The number of anilines is 2. The van der Waals surface area contributed by atoms with Crippen LogP contribution in [0.15, 0.2) is 65.6 Å². The second-order valence-corrected chi connectivity index (χ2v) is 8.95. The summed E-state index contributed by atoms with van der Waals surface area (Å²) < 4.78 is 46.8. The molecule has 0 unspecified atom stereocenters. The fourth-order valence-electron chi connectivity index (χ4n) is 3.14. The summed E-state index contributed by atoms with van der Waals surface area (Å²) in [6.07, 6.45) is 0. The predicted molar refractivity (Wildman–Crippen MR) is 127 cm³/mol. The van der Waals surface area contributed by atoms with Gasteiger partial charge in [-0.3, -0.25) is 9.52 Å². The van der Waals surface area contributed by atoms with E-state index < -0.39 is 21.7 Å². The number of halogens is 1. The van der Waals surface area contributed by atoms with E-state index in [2.05, 4.69) is 15.4 Å². The minimum absolute atomic E-state index is 0.0596. The van der Waals surface area contributed by atoms with Crippen LogP contribution in [-0.2, 0) is 10.0 Å². The number of hydrogen-bond donors (Lipinski definition) is 3. The molecule has 0 atom stereocenters. The maximum atomic E-state index is 13.7. The average molecular weight is 483 g/mol. The largest absolute Gasteiger partial charge is 0.497 e. The molecule has 0 aromatic heterocycles. The molecule has 176 valence electrons.